The molecule has 1 saturated heterocycles. The number of nitrogens with zero attached hydrogens (tertiary/aromatic N) is 1. The van der Waals surface area contributed by atoms with E-state index in [1.165, 1.54) is 12.1 Å². The molecule has 0 aliphatic carbocycles. The zero-order valence-electron chi connectivity index (χ0n) is 21.1. The molecule has 5 rings (SSSR count). The smallest absolute Gasteiger partial charge is 0.352 e. The Hall–Kier alpha value is -4.56. The van der Waals surface area contributed by atoms with Gasteiger partial charge in [0, 0.05) is 45.7 Å². The summed E-state index contributed by atoms with van der Waals surface area (Å²) in [6.07, 6.45) is 3.69. The highest BCUT2D eigenvalue weighted by molar-refractivity contribution is 6.30. The van der Waals surface area contributed by atoms with Gasteiger partial charge in [0.15, 0.2) is 0 Å². The van der Waals surface area contributed by atoms with Crippen molar-refractivity contribution in [3.8, 4) is 5.75 Å². The number of likely N-dealkylation sites (tertiary alicyclic amines) is 1. The average Bonchev–Trinajstić information content (AvgIpc) is 3.57. The lowest BCUT2D eigenvalue weighted by molar-refractivity contribution is -0.133. The van der Waals surface area contributed by atoms with Crippen LogP contribution in [-0.2, 0) is 9.59 Å². The molecule has 39 heavy (non-hydrogen) atoms. The number of hydrogen-bond donors (Lipinski definition) is 3. The molecule has 1 aliphatic heterocycles. The van der Waals surface area contributed by atoms with E-state index in [1.807, 2.05) is 30.3 Å². The molecule has 198 valence electrons. The van der Waals surface area contributed by atoms with Gasteiger partial charge >= 0.3 is 5.97 Å². The van der Waals surface area contributed by atoms with E-state index in [9.17, 15) is 19.5 Å². The number of aromatic amines is 1. The molecule has 8 nitrogen and oxygen atoms in total. The Labute approximate surface area is 229 Å². The summed E-state index contributed by atoms with van der Waals surface area (Å²) in [5.74, 6) is -1.31. The maximum absolute atomic E-state index is 13.7. The minimum Gasteiger partial charge on any atom is -0.496 e. The van der Waals surface area contributed by atoms with Crippen molar-refractivity contribution in [1.82, 2.24) is 9.88 Å². The van der Waals surface area contributed by atoms with Gasteiger partial charge in [-0.25, -0.2) is 4.79 Å². The van der Waals surface area contributed by atoms with Crippen LogP contribution in [0.2, 0.25) is 5.02 Å². The normalized spacial score (nSPS) is 17.0. The van der Waals surface area contributed by atoms with Gasteiger partial charge in [0.05, 0.1) is 7.11 Å². The van der Waals surface area contributed by atoms with Crippen LogP contribution in [0.25, 0.3) is 17.0 Å². The second-order valence-corrected chi connectivity index (χ2v) is 9.72. The van der Waals surface area contributed by atoms with Gasteiger partial charge in [-0.1, -0.05) is 41.9 Å². The molecular formula is C30H26ClN3O5. The van der Waals surface area contributed by atoms with E-state index in [0.29, 0.717) is 45.9 Å². The van der Waals surface area contributed by atoms with Gasteiger partial charge in [-0.3, -0.25) is 9.59 Å². The van der Waals surface area contributed by atoms with Crippen LogP contribution < -0.4 is 10.1 Å². The number of methoxy groups -OCH3 is 1. The minimum absolute atomic E-state index is 0.0632. The number of aromatic carboxylic acids is 1. The van der Waals surface area contributed by atoms with Crippen molar-refractivity contribution in [3.05, 3.63) is 101 Å². The molecular weight excluding hydrogens is 518 g/mol. The molecule has 2 atom stereocenters. The summed E-state index contributed by atoms with van der Waals surface area (Å²) in [5, 5.41) is 13.4. The molecule has 0 spiro atoms. The van der Waals surface area contributed by atoms with Crippen LogP contribution in [0.1, 0.15) is 34.0 Å². The number of aromatic nitrogens is 1. The fourth-order valence-electron chi connectivity index (χ4n) is 5.05. The summed E-state index contributed by atoms with van der Waals surface area (Å²) >= 11 is 6.13. The lowest BCUT2D eigenvalue weighted by Crippen LogP contribution is -2.44. The SMILES string of the molecule is COc1ccc(Cl)cc1/C=C/C(=O)N1CC[C@H](c2ccccc2)[C@H]1C(=O)Nc1ccc2[nH]c(C(=O)O)cc2c1. The molecule has 0 bridgehead atoms. The molecule has 4 aromatic rings. The zero-order chi connectivity index (χ0) is 27.5. The Kier molecular flexibility index (Phi) is 7.38. The topological polar surface area (TPSA) is 112 Å². The lowest BCUT2D eigenvalue weighted by Gasteiger charge is -2.27. The summed E-state index contributed by atoms with van der Waals surface area (Å²) in [4.78, 5) is 42.9. The van der Waals surface area contributed by atoms with E-state index < -0.39 is 12.0 Å². The van der Waals surface area contributed by atoms with Crippen LogP contribution in [-0.4, -0.2) is 52.5 Å². The standard InChI is InChI=1S/C30H26ClN3O5/c1-39-26-11-8-21(31)15-19(26)7-12-27(35)34-14-13-23(18-5-3-2-4-6-18)28(34)29(36)32-22-9-10-24-20(16-22)17-25(33-24)30(37)38/h2-12,15-17,23,28,33H,13-14H2,1H3,(H,32,36)(H,37,38)/b12-7+/t23-,28+/m1/s1. The highest BCUT2D eigenvalue weighted by Gasteiger charge is 2.42. The molecule has 0 unspecified atom stereocenters. The van der Waals surface area contributed by atoms with Gasteiger partial charge < -0.3 is 25.0 Å². The minimum atomic E-state index is -1.06. The number of anilines is 1. The zero-order valence-corrected chi connectivity index (χ0v) is 21.8. The number of H-pyrrole nitrogens is 1. The number of carboxylic acid groups (broad SMARTS) is 1. The number of hydrogen-bond acceptors (Lipinski definition) is 4. The van der Waals surface area contributed by atoms with Gasteiger partial charge in [0.2, 0.25) is 11.8 Å². The van der Waals surface area contributed by atoms with Crippen molar-refractivity contribution in [3.63, 3.8) is 0 Å². The Morgan fingerprint density at radius 1 is 1.08 bits per heavy atom. The second kappa shape index (κ2) is 11.0. The molecule has 2 amide bonds. The summed E-state index contributed by atoms with van der Waals surface area (Å²) < 4.78 is 5.37. The fourth-order valence-corrected chi connectivity index (χ4v) is 5.23. The number of carbonyl (C=O) groups excluding carboxylic acids is 2. The molecule has 3 N–H and O–H groups in total. The number of nitrogens with one attached hydrogen (secondary N) is 2. The maximum atomic E-state index is 13.7. The third-order valence-corrected chi connectivity index (χ3v) is 7.13. The van der Waals surface area contributed by atoms with Crippen molar-refractivity contribution < 1.29 is 24.2 Å². The number of benzene rings is 3. The van der Waals surface area contributed by atoms with Crippen LogP contribution in [0.4, 0.5) is 5.69 Å². The molecule has 0 radical (unpaired) electrons. The van der Waals surface area contributed by atoms with Crippen LogP contribution in [0, 0.1) is 0 Å². The van der Waals surface area contributed by atoms with Crippen molar-refractivity contribution in [1.29, 1.82) is 0 Å². The number of amides is 2. The quantitative estimate of drug-likeness (QED) is 0.264. The van der Waals surface area contributed by atoms with Crippen molar-refractivity contribution in [2.24, 2.45) is 0 Å². The summed E-state index contributed by atoms with van der Waals surface area (Å²) in [6, 6.07) is 20.7. The van der Waals surface area contributed by atoms with E-state index in [-0.39, 0.29) is 23.4 Å². The Morgan fingerprint density at radius 2 is 1.87 bits per heavy atom. The first-order valence-electron chi connectivity index (χ1n) is 12.4. The monoisotopic (exact) mass is 543 g/mol. The highest BCUT2D eigenvalue weighted by atomic mass is 35.5. The van der Waals surface area contributed by atoms with Crippen molar-refractivity contribution in [2.75, 3.05) is 19.0 Å². The van der Waals surface area contributed by atoms with Crippen LogP contribution >= 0.6 is 11.6 Å². The van der Waals surface area contributed by atoms with Gasteiger partial charge in [0.1, 0.15) is 17.5 Å². The van der Waals surface area contributed by atoms with Gasteiger partial charge in [0.25, 0.3) is 0 Å². The van der Waals surface area contributed by atoms with Crippen LogP contribution in [0.5, 0.6) is 5.75 Å². The number of carboxylic acids is 1. The van der Waals surface area contributed by atoms with Gasteiger partial charge in [-0.15, -0.1) is 0 Å². The second-order valence-electron chi connectivity index (χ2n) is 9.28. The molecule has 2 heterocycles. The van der Waals surface area contributed by atoms with E-state index in [2.05, 4.69) is 10.3 Å². The van der Waals surface area contributed by atoms with Crippen LogP contribution in [0.3, 0.4) is 0 Å². The van der Waals surface area contributed by atoms with E-state index in [4.69, 9.17) is 16.3 Å². The molecule has 1 aliphatic rings. The highest BCUT2D eigenvalue weighted by Crippen LogP contribution is 2.35. The first kappa shape index (κ1) is 26.1. The van der Waals surface area contributed by atoms with Crippen LogP contribution in [0.15, 0.2) is 78.9 Å². The number of ether oxygens (including phenoxy) is 1. The van der Waals surface area contributed by atoms with E-state index in [1.54, 1.807) is 54.5 Å². The van der Waals surface area contributed by atoms with E-state index >= 15 is 0 Å². The Balaban J connectivity index is 1.42. The Bertz CT molecular complexity index is 1580. The van der Waals surface area contributed by atoms with Gasteiger partial charge in [-0.05, 0) is 60.5 Å². The summed E-state index contributed by atoms with van der Waals surface area (Å²) in [7, 11) is 1.54. The predicted molar refractivity (Wildman–Crippen MR) is 150 cm³/mol. The molecule has 3 aromatic carbocycles. The number of halogens is 1. The summed E-state index contributed by atoms with van der Waals surface area (Å²) in [5.41, 5.74) is 2.84. The maximum Gasteiger partial charge on any atom is 0.352 e. The number of fused-ring (bicyclic) bond motifs is 1. The first-order chi connectivity index (χ1) is 18.8. The largest absolute Gasteiger partial charge is 0.496 e. The Morgan fingerprint density at radius 3 is 2.62 bits per heavy atom. The molecule has 1 aromatic heterocycles. The third kappa shape index (κ3) is 5.51. The number of carbonyl (C=O) groups is 3. The molecule has 1 fully saturated rings. The van der Waals surface area contributed by atoms with Crippen molar-refractivity contribution >= 4 is 52.1 Å². The number of rotatable bonds is 7. The van der Waals surface area contributed by atoms with Gasteiger partial charge in [-0.2, -0.15) is 0 Å². The third-order valence-electron chi connectivity index (χ3n) is 6.89. The molecule has 9 heteroatoms. The fraction of sp³-hybridized carbons (Fsp3) is 0.167. The predicted octanol–water partition coefficient (Wildman–Crippen LogP) is 5.56. The average molecular weight is 544 g/mol. The first-order valence-corrected chi connectivity index (χ1v) is 12.8. The molecule has 0 saturated carbocycles. The lowest BCUT2D eigenvalue weighted by atomic mass is 9.91. The van der Waals surface area contributed by atoms with Crippen molar-refractivity contribution in [2.45, 2.75) is 18.4 Å². The summed E-state index contributed by atoms with van der Waals surface area (Å²) in [6.45, 7) is 0.409. The van der Waals surface area contributed by atoms with E-state index in [0.717, 1.165) is 5.56 Å².